The molecule has 0 radical (unpaired) electrons. The average molecular weight is 164 g/mol. The minimum absolute atomic E-state index is 0.560. The largest absolute Gasteiger partial charge is 0.347 e. The molecule has 0 amide bonds. The van der Waals surface area contributed by atoms with Gasteiger partial charge in [0.2, 0.25) is 0 Å². The maximum absolute atomic E-state index is 9.85. The van der Waals surface area contributed by atoms with Crippen molar-refractivity contribution in [3.63, 3.8) is 0 Å². The van der Waals surface area contributed by atoms with E-state index in [9.17, 15) is 4.79 Å². The number of nitriles is 2. The van der Waals surface area contributed by atoms with E-state index in [1.54, 1.807) is 6.92 Å². The van der Waals surface area contributed by atoms with Crippen LogP contribution in [0, 0.1) is 22.8 Å². The van der Waals surface area contributed by atoms with Gasteiger partial charge < -0.3 is 4.74 Å². The number of hydrogen-bond acceptors (Lipinski definition) is 4. The monoisotopic (exact) mass is 164 g/mol. The van der Waals surface area contributed by atoms with E-state index < -0.39 is 5.97 Å². The number of allylic oxidation sites excluding steroid dienone is 1. The summed E-state index contributed by atoms with van der Waals surface area (Å²) in [5, 5.41) is 15.4. The molecule has 0 N–H and O–H groups in total. The first-order chi connectivity index (χ1) is 5.58. The number of hydrogen-bond donors (Lipinski definition) is 0. The van der Waals surface area contributed by atoms with Crippen molar-refractivity contribution in [1.29, 1.82) is 10.5 Å². The van der Waals surface area contributed by atoms with Gasteiger partial charge in [-0.3, -0.25) is 0 Å². The molecule has 0 aliphatic rings. The Balaban J connectivity index is 0. The Bertz CT molecular complexity index is 255. The molecule has 0 aliphatic carbocycles. The third kappa shape index (κ3) is 15.7. The first-order valence-electron chi connectivity index (χ1n) is 2.86. The molecule has 0 bridgehead atoms. The summed E-state index contributed by atoms with van der Waals surface area (Å²) in [7, 11) is 0. The smallest absolute Gasteiger partial charge is 0.345 e. The summed E-state index contributed by atoms with van der Waals surface area (Å²) in [5.41, 5.74) is 0.560. The molecule has 0 rings (SSSR count). The van der Waals surface area contributed by atoms with E-state index in [2.05, 4.69) is 17.9 Å². The second-order valence-corrected chi connectivity index (χ2v) is 1.61. The number of rotatable bonds is 1. The van der Waals surface area contributed by atoms with Crippen molar-refractivity contribution >= 4 is 5.97 Å². The van der Waals surface area contributed by atoms with Crippen LogP contribution in [-0.2, 0) is 9.53 Å². The van der Waals surface area contributed by atoms with Crippen LogP contribution >= 0.6 is 0 Å². The van der Waals surface area contributed by atoms with E-state index in [1.807, 2.05) is 6.07 Å². The number of nitrogens with zero attached hydrogens (tertiary/aromatic N) is 2. The Morgan fingerprint density at radius 2 is 2.00 bits per heavy atom. The van der Waals surface area contributed by atoms with Crippen LogP contribution < -0.4 is 0 Å². The fourth-order valence-corrected chi connectivity index (χ4v) is 0.0867. The lowest BCUT2D eigenvalue weighted by Crippen LogP contribution is -1.91. The molecule has 0 fully saturated rings. The van der Waals surface area contributed by atoms with Crippen molar-refractivity contribution in [2.24, 2.45) is 0 Å². The summed E-state index contributed by atoms with van der Waals surface area (Å²) in [5.74, 6) is -0.720. The summed E-state index contributed by atoms with van der Waals surface area (Å²) in [6.45, 7) is 8.03. The van der Waals surface area contributed by atoms with Crippen LogP contribution in [-0.4, -0.2) is 5.97 Å². The summed E-state index contributed by atoms with van der Waals surface area (Å²) in [4.78, 5) is 9.85. The predicted octanol–water partition coefficient (Wildman–Crippen LogP) is 1.28. The van der Waals surface area contributed by atoms with Gasteiger partial charge >= 0.3 is 5.97 Å². The number of ether oxygens (including phenoxy) is 1. The molecule has 0 unspecified atom stereocenters. The van der Waals surface area contributed by atoms with Gasteiger partial charge in [0, 0.05) is 11.6 Å². The van der Waals surface area contributed by atoms with Crippen molar-refractivity contribution in [3.8, 4) is 12.3 Å². The van der Waals surface area contributed by atoms with Crippen LogP contribution in [0.4, 0.5) is 0 Å². The third-order valence-electron chi connectivity index (χ3n) is 0.504. The highest BCUT2D eigenvalue weighted by atomic mass is 16.5. The molecule has 0 saturated heterocycles. The highest BCUT2D eigenvalue weighted by Gasteiger charge is 1.87. The molecule has 12 heavy (non-hydrogen) atoms. The summed E-state index contributed by atoms with van der Waals surface area (Å²) in [6, 6.07) is 1.83. The van der Waals surface area contributed by atoms with E-state index >= 15 is 0 Å². The van der Waals surface area contributed by atoms with E-state index in [0.29, 0.717) is 5.57 Å². The summed E-state index contributed by atoms with van der Waals surface area (Å²) < 4.78 is 3.74. The van der Waals surface area contributed by atoms with Gasteiger partial charge in [-0.25, -0.2) is 4.79 Å². The molecule has 4 nitrogen and oxygen atoms in total. The molecule has 62 valence electrons. The fourth-order valence-electron chi connectivity index (χ4n) is 0.0867. The van der Waals surface area contributed by atoms with Crippen molar-refractivity contribution in [2.45, 2.75) is 6.92 Å². The third-order valence-corrected chi connectivity index (χ3v) is 0.504. The Morgan fingerprint density at radius 1 is 1.58 bits per heavy atom. The number of carbonyl (C=O) groups excluding carboxylic acids is 1. The first kappa shape index (κ1) is 12.6. The normalized spacial score (nSPS) is 5.92. The average Bonchev–Trinajstić information content (AvgIpc) is 2.06. The van der Waals surface area contributed by atoms with Crippen LogP contribution in [0.1, 0.15) is 6.92 Å². The Kier molecular flexibility index (Phi) is 9.37. The maximum atomic E-state index is 9.85. The van der Waals surface area contributed by atoms with Gasteiger partial charge in [-0.1, -0.05) is 13.2 Å². The zero-order valence-electron chi connectivity index (χ0n) is 6.70. The fraction of sp³-hybridized carbons (Fsp3) is 0.125. The molecule has 4 heteroatoms. The lowest BCUT2D eigenvalue weighted by Gasteiger charge is -1.77. The van der Waals surface area contributed by atoms with Crippen LogP contribution in [0.3, 0.4) is 0 Å². The van der Waals surface area contributed by atoms with Gasteiger partial charge in [-0.15, -0.1) is 5.26 Å². The molecule has 0 aromatic heterocycles. The molecule has 0 aromatic rings. The second kappa shape index (κ2) is 8.93. The lowest BCUT2D eigenvalue weighted by atomic mass is 10.4. The van der Waals surface area contributed by atoms with Crippen molar-refractivity contribution in [2.75, 3.05) is 0 Å². The van der Waals surface area contributed by atoms with Gasteiger partial charge in [0.1, 0.15) is 0 Å². The van der Waals surface area contributed by atoms with Gasteiger partial charge in [0.25, 0.3) is 6.26 Å². The van der Waals surface area contributed by atoms with E-state index in [-0.39, 0.29) is 0 Å². The van der Waals surface area contributed by atoms with Crippen molar-refractivity contribution in [1.82, 2.24) is 0 Å². The molecule has 0 spiro atoms. The van der Waals surface area contributed by atoms with Crippen LogP contribution in [0.25, 0.3) is 0 Å². The number of esters is 1. The first-order valence-corrected chi connectivity index (χ1v) is 2.86. The molecule has 0 aromatic carbocycles. The zero-order valence-corrected chi connectivity index (χ0v) is 6.70. The van der Waals surface area contributed by atoms with E-state index in [1.165, 1.54) is 6.26 Å². The topological polar surface area (TPSA) is 73.9 Å². The standard InChI is InChI=1S/C4H3NO2.C4H5N/c1-2-4(6)7-3-5;1-4(2)3-5/h2H,1H2;1H2,2H3. The lowest BCUT2D eigenvalue weighted by molar-refractivity contribution is -0.131. The highest BCUT2D eigenvalue weighted by Crippen LogP contribution is 1.74. The zero-order chi connectivity index (χ0) is 9.98. The molecule has 0 heterocycles. The van der Waals surface area contributed by atoms with Crippen LogP contribution in [0.2, 0.25) is 0 Å². The van der Waals surface area contributed by atoms with Crippen molar-refractivity contribution in [3.05, 3.63) is 24.8 Å². The highest BCUT2D eigenvalue weighted by molar-refractivity contribution is 5.81. The molecule has 0 saturated carbocycles. The second-order valence-electron chi connectivity index (χ2n) is 1.61. The Labute approximate surface area is 71.0 Å². The summed E-state index contributed by atoms with van der Waals surface area (Å²) >= 11 is 0. The Morgan fingerprint density at radius 3 is 2.08 bits per heavy atom. The van der Waals surface area contributed by atoms with E-state index in [0.717, 1.165) is 6.08 Å². The molecule has 0 aliphatic heterocycles. The predicted molar refractivity (Wildman–Crippen MR) is 42.3 cm³/mol. The van der Waals surface area contributed by atoms with Crippen molar-refractivity contribution < 1.29 is 9.53 Å². The molecular weight excluding hydrogens is 156 g/mol. The van der Waals surface area contributed by atoms with Gasteiger partial charge in [-0.2, -0.15) is 5.26 Å². The maximum Gasteiger partial charge on any atom is 0.345 e. The molecule has 0 atom stereocenters. The van der Waals surface area contributed by atoms with Crippen LogP contribution in [0.15, 0.2) is 24.8 Å². The quantitative estimate of drug-likeness (QED) is 0.253. The summed E-state index contributed by atoms with van der Waals surface area (Å²) in [6.07, 6.45) is 2.12. The minimum atomic E-state index is -0.720. The molecular formula is C8H8N2O2. The Hall–Kier alpha value is -2.07. The van der Waals surface area contributed by atoms with Gasteiger partial charge in [0.15, 0.2) is 0 Å². The van der Waals surface area contributed by atoms with E-state index in [4.69, 9.17) is 10.5 Å². The SMILES string of the molecule is C=C(C)C#N.C=CC(=O)OC#N. The van der Waals surface area contributed by atoms with Gasteiger partial charge in [-0.05, 0) is 6.92 Å². The number of carbonyl (C=O) groups is 1. The minimum Gasteiger partial charge on any atom is -0.347 e. The van der Waals surface area contributed by atoms with Gasteiger partial charge in [0.05, 0.1) is 6.07 Å². The van der Waals surface area contributed by atoms with Crippen LogP contribution in [0.5, 0.6) is 0 Å².